The van der Waals surface area contributed by atoms with Gasteiger partial charge in [-0.15, -0.1) is 0 Å². The Hall–Kier alpha value is -0.860. The lowest BCUT2D eigenvalue weighted by atomic mass is 9.97. The summed E-state index contributed by atoms with van der Waals surface area (Å²) in [5.41, 5.74) is 8.68. The van der Waals surface area contributed by atoms with E-state index in [1.807, 2.05) is 0 Å². The van der Waals surface area contributed by atoms with E-state index in [0.29, 0.717) is 0 Å². The molecule has 0 fully saturated rings. The van der Waals surface area contributed by atoms with Gasteiger partial charge in [0.2, 0.25) is 0 Å². The van der Waals surface area contributed by atoms with E-state index in [2.05, 4.69) is 36.2 Å². The minimum atomic E-state index is 0.194. The molecule has 0 radical (unpaired) electrons. The molecule has 0 amide bonds. The number of fused-ring (bicyclic) bond motifs is 1. The van der Waals surface area contributed by atoms with Crippen molar-refractivity contribution >= 4 is 0 Å². The fourth-order valence-electron chi connectivity index (χ4n) is 1.83. The fourth-order valence-corrected chi connectivity index (χ4v) is 1.83. The second-order valence-electron chi connectivity index (χ2n) is 3.50. The molecule has 0 saturated heterocycles. The summed E-state index contributed by atoms with van der Waals surface area (Å²) in [7, 11) is 2.11. The van der Waals surface area contributed by atoms with Crippen LogP contribution in [0.15, 0.2) is 24.3 Å². The zero-order valence-electron chi connectivity index (χ0n) is 7.33. The monoisotopic (exact) mass is 162 g/mol. The largest absolute Gasteiger partial charge is 0.323 e. The van der Waals surface area contributed by atoms with Crippen LogP contribution in [0.2, 0.25) is 0 Å². The lowest BCUT2D eigenvalue weighted by Gasteiger charge is -2.29. The Morgan fingerprint density at radius 3 is 3.00 bits per heavy atom. The van der Waals surface area contributed by atoms with Crippen molar-refractivity contribution in [2.75, 3.05) is 13.6 Å². The third kappa shape index (κ3) is 1.24. The van der Waals surface area contributed by atoms with E-state index in [4.69, 9.17) is 5.73 Å². The molecular formula is C10H14N2. The molecule has 1 aliphatic rings. The number of benzene rings is 1. The standard InChI is InChI=1S/C10H14N2/c1-12-6-8-4-2-3-5-9(8)10(11)7-12/h2-5,10H,6-7,11H2,1H3/t10-/m0/s1. The minimum Gasteiger partial charge on any atom is -0.323 e. The fraction of sp³-hybridized carbons (Fsp3) is 0.400. The van der Waals surface area contributed by atoms with Crippen LogP contribution in [0.5, 0.6) is 0 Å². The molecule has 2 heteroatoms. The second kappa shape index (κ2) is 2.88. The topological polar surface area (TPSA) is 29.3 Å². The van der Waals surface area contributed by atoms with Gasteiger partial charge < -0.3 is 10.6 Å². The summed E-state index contributed by atoms with van der Waals surface area (Å²) in [6.45, 7) is 2.00. The Kier molecular flexibility index (Phi) is 1.87. The zero-order chi connectivity index (χ0) is 8.55. The first-order valence-electron chi connectivity index (χ1n) is 4.29. The Bertz CT molecular complexity index is 283. The van der Waals surface area contributed by atoms with E-state index in [1.54, 1.807) is 0 Å². The highest BCUT2D eigenvalue weighted by atomic mass is 15.1. The van der Waals surface area contributed by atoms with Gasteiger partial charge in [0.05, 0.1) is 0 Å². The van der Waals surface area contributed by atoms with Crippen molar-refractivity contribution in [2.45, 2.75) is 12.6 Å². The molecule has 0 spiro atoms. The highest BCUT2D eigenvalue weighted by molar-refractivity contribution is 5.31. The molecule has 2 rings (SSSR count). The van der Waals surface area contributed by atoms with Crippen molar-refractivity contribution in [3.63, 3.8) is 0 Å². The molecule has 1 aromatic rings. The van der Waals surface area contributed by atoms with Gasteiger partial charge in [-0.2, -0.15) is 0 Å². The molecule has 1 atom stereocenters. The lowest BCUT2D eigenvalue weighted by molar-refractivity contribution is 0.283. The van der Waals surface area contributed by atoms with Crippen LogP contribution in [-0.2, 0) is 6.54 Å². The number of nitrogens with zero attached hydrogens (tertiary/aromatic N) is 1. The van der Waals surface area contributed by atoms with Crippen LogP contribution in [-0.4, -0.2) is 18.5 Å². The van der Waals surface area contributed by atoms with Crippen molar-refractivity contribution < 1.29 is 0 Å². The van der Waals surface area contributed by atoms with E-state index in [-0.39, 0.29) is 6.04 Å². The molecule has 0 aromatic heterocycles. The number of hydrogen-bond donors (Lipinski definition) is 1. The summed E-state index contributed by atoms with van der Waals surface area (Å²) in [5.74, 6) is 0. The molecule has 12 heavy (non-hydrogen) atoms. The second-order valence-corrected chi connectivity index (χ2v) is 3.50. The van der Waals surface area contributed by atoms with Gasteiger partial charge in [0.1, 0.15) is 0 Å². The average molecular weight is 162 g/mol. The molecule has 0 unspecified atom stereocenters. The van der Waals surface area contributed by atoms with Crippen molar-refractivity contribution in [2.24, 2.45) is 5.73 Å². The zero-order valence-corrected chi connectivity index (χ0v) is 7.33. The Morgan fingerprint density at radius 2 is 2.17 bits per heavy atom. The molecular weight excluding hydrogens is 148 g/mol. The van der Waals surface area contributed by atoms with Crippen LogP contribution in [0.1, 0.15) is 17.2 Å². The maximum atomic E-state index is 6.00. The predicted octanol–water partition coefficient (Wildman–Crippen LogP) is 1.13. The molecule has 1 aromatic carbocycles. The highest BCUT2D eigenvalue weighted by Gasteiger charge is 2.18. The first-order valence-corrected chi connectivity index (χ1v) is 4.29. The summed E-state index contributed by atoms with van der Waals surface area (Å²) in [5, 5.41) is 0. The van der Waals surface area contributed by atoms with Crippen molar-refractivity contribution in [1.29, 1.82) is 0 Å². The van der Waals surface area contributed by atoms with E-state index in [1.165, 1.54) is 11.1 Å². The molecule has 0 aliphatic carbocycles. The van der Waals surface area contributed by atoms with Crippen LogP contribution in [0, 0.1) is 0 Å². The molecule has 2 nitrogen and oxygen atoms in total. The SMILES string of the molecule is CN1Cc2ccccc2[C@@H](N)C1. The quantitative estimate of drug-likeness (QED) is 0.619. The lowest BCUT2D eigenvalue weighted by Crippen LogP contribution is -2.34. The highest BCUT2D eigenvalue weighted by Crippen LogP contribution is 2.22. The van der Waals surface area contributed by atoms with E-state index in [9.17, 15) is 0 Å². The first kappa shape index (κ1) is 7.77. The van der Waals surface area contributed by atoms with Crippen molar-refractivity contribution in [1.82, 2.24) is 4.90 Å². The van der Waals surface area contributed by atoms with Crippen LogP contribution in [0.25, 0.3) is 0 Å². The normalized spacial score (nSPS) is 23.7. The Balaban J connectivity index is 2.40. The number of nitrogens with two attached hydrogens (primary N) is 1. The van der Waals surface area contributed by atoms with Gasteiger partial charge >= 0.3 is 0 Å². The third-order valence-corrected chi connectivity index (χ3v) is 2.40. The predicted molar refractivity (Wildman–Crippen MR) is 49.7 cm³/mol. The summed E-state index contributed by atoms with van der Waals surface area (Å²) < 4.78 is 0. The maximum Gasteiger partial charge on any atom is 0.0427 e. The van der Waals surface area contributed by atoms with Gasteiger partial charge in [-0.05, 0) is 18.2 Å². The van der Waals surface area contributed by atoms with Crippen LogP contribution in [0.4, 0.5) is 0 Å². The number of rotatable bonds is 0. The minimum absolute atomic E-state index is 0.194. The summed E-state index contributed by atoms with van der Waals surface area (Å²) >= 11 is 0. The maximum absolute atomic E-state index is 6.00. The first-order chi connectivity index (χ1) is 5.77. The third-order valence-electron chi connectivity index (χ3n) is 2.40. The summed E-state index contributed by atoms with van der Waals surface area (Å²) in [4.78, 5) is 2.26. The summed E-state index contributed by atoms with van der Waals surface area (Å²) in [6.07, 6.45) is 0. The van der Waals surface area contributed by atoms with Gasteiger partial charge in [-0.25, -0.2) is 0 Å². The van der Waals surface area contributed by atoms with Gasteiger partial charge in [0.15, 0.2) is 0 Å². The van der Waals surface area contributed by atoms with Gasteiger partial charge in [0, 0.05) is 19.1 Å². The van der Waals surface area contributed by atoms with Crippen LogP contribution < -0.4 is 5.73 Å². The number of likely N-dealkylation sites (N-methyl/N-ethyl adjacent to an activating group) is 1. The number of hydrogen-bond acceptors (Lipinski definition) is 2. The Labute approximate surface area is 73.0 Å². The van der Waals surface area contributed by atoms with Gasteiger partial charge in [-0.1, -0.05) is 24.3 Å². The van der Waals surface area contributed by atoms with Gasteiger partial charge in [-0.3, -0.25) is 0 Å². The van der Waals surface area contributed by atoms with E-state index >= 15 is 0 Å². The van der Waals surface area contributed by atoms with Crippen molar-refractivity contribution in [3.05, 3.63) is 35.4 Å². The molecule has 64 valence electrons. The van der Waals surface area contributed by atoms with E-state index < -0.39 is 0 Å². The van der Waals surface area contributed by atoms with E-state index in [0.717, 1.165) is 13.1 Å². The van der Waals surface area contributed by atoms with Crippen LogP contribution in [0.3, 0.4) is 0 Å². The molecule has 2 N–H and O–H groups in total. The molecule has 0 saturated carbocycles. The summed E-state index contributed by atoms with van der Waals surface area (Å²) in [6, 6.07) is 8.62. The average Bonchev–Trinajstić information content (AvgIpc) is 2.04. The van der Waals surface area contributed by atoms with Gasteiger partial charge in [0.25, 0.3) is 0 Å². The smallest absolute Gasteiger partial charge is 0.0427 e. The van der Waals surface area contributed by atoms with Crippen molar-refractivity contribution in [3.8, 4) is 0 Å². The Morgan fingerprint density at radius 1 is 1.42 bits per heavy atom. The molecule has 1 aliphatic heterocycles. The molecule has 1 heterocycles. The molecule has 0 bridgehead atoms. The van der Waals surface area contributed by atoms with Crippen LogP contribution >= 0.6 is 0 Å².